The van der Waals surface area contributed by atoms with Crippen molar-refractivity contribution in [3.8, 4) is 5.75 Å². The van der Waals surface area contributed by atoms with Crippen LogP contribution in [0.4, 0.5) is 0 Å². The van der Waals surface area contributed by atoms with E-state index in [1.807, 2.05) is 6.20 Å². The summed E-state index contributed by atoms with van der Waals surface area (Å²) in [5, 5.41) is 1.38. The molecule has 4 nitrogen and oxygen atoms in total. The van der Waals surface area contributed by atoms with Gasteiger partial charge in [0.1, 0.15) is 5.75 Å². The summed E-state index contributed by atoms with van der Waals surface area (Å²) in [5.74, 6) is 1.04. The van der Waals surface area contributed by atoms with Crippen LogP contribution in [-0.4, -0.2) is 34.7 Å². The molecule has 3 aromatic rings. The van der Waals surface area contributed by atoms with Gasteiger partial charge in [0.05, 0.1) is 12.1 Å². The largest absolute Gasteiger partial charge is 0.490 e. The lowest BCUT2D eigenvalue weighted by molar-refractivity contribution is 0.220. The fraction of sp³-hybridized carbons (Fsp3) is 0.435. The average Bonchev–Trinajstić information content (AvgIpc) is 2.82. The number of aryl methyl sites for hydroxylation is 2. The number of rotatable bonds is 1. The van der Waals surface area contributed by atoms with E-state index < -0.39 is 0 Å². The van der Waals surface area contributed by atoms with Gasteiger partial charge in [-0.05, 0) is 61.9 Å². The van der Waals surface area contributed by atoms with Gasteiger partial charge in [-0.2, -0.15) is 0 Å². The van der Waals surface area contributed by atoms with Gasteiger partial charge < -0.3 is 14.2 Å². The highest BCUT2D eigenvalue weighted by molar-refractivity contribution is 5.91. The summed E-state index contributed by atoms with van der Waals surface area (Å²) in [6.07, 6.45) is 3.03. The normalized spacial score (nSPS) is 22.4. The first-order valence-electron chi connectivity index (χ1n) is 9.84. The first-order valence-corrected chi connectivity index (χ1v) is 9.84. The molecular formula is C23H27N3O. The molecule has 2 aromatic heterocycles. The molecule has 27 heavy (non-hydrogen) atoms. The molecule has 1 aromatic carbocycles. The average molecular weight is 361 g/mol. The molecule has 0 fully saturated rings. The van der Waals surface area contributed by atoms with E-state index in [0.717, 1.165) is 37.5 Å². The van der Waals surface area contributed by atoms with Gasteiger partial charge in [-0.15, -0.1) is 0 Å². The van der Waals surface area contributed by atoms with Crippen LogP contribution in [0.2, 0.25) is 0 Å². The highest BCUT2D eigenvalue weighted by Gasteiger charge is 2.35. The zero-order valence-corrected chi connectivity index (χ0v) is 16.7. The number of nitrogens with zero attached hydrogens (tertiary/aromatic N) is 3. The first kappa shape index (κ1) is 16.8. The van der Waals surface area contributed by atoms with Crippen molar-refractivity contribution in [3.05, 3.63) is 58.5 Å². The van der Waals surface area contributed by atoms with Crippen molar-refractivity contribution < 1.29 is 4.74 Å². The summed E-state index contributed by atoms with van der Waals surface area (Å²) in [6.45, 7) is 10.3. The van der Waals surface area contributed by atoms with Crippen LogP contribution >= 0.6 is 0 Å². The topological polar surface area (TPSA) is 30.3 Å². The minimum Gasteiger partial charge on any atom is -0.490 e. The maximum absolute atomic E-state index is 6.46. The molecule has 0 aliphatic carbocycles. The Labute approximate surface area is 160 Å². The third kappa shape index (κ3) is 2.58. The van der Waals surface area contributed by atoms with E-state index in [4.69, 9.17) is 4.74 Å². The molecule has 0 radical (unpaired) electrons. The third-order valence-electron chi connectivity index (χ3n) is 6.29. The molecule has 0 amide bonds. The molecule has 0 bridgehead atoms. The number of likely N-dealkylation sites (N-methyl/N-ethyl adjacent to an activating group) is 1. The molecule has 140 valence electrons. The van der Waals surface area contributed by atoms with Gasteiger partial charge in [0, 0.05) is 54.4 Å². The van der Waals surface area contributed by atoms with E-state index in [1.54, 1.807) is 0 Å². The van der Waals surface area contributed by atoms with Crippen molar-refractivity contribution in [3.63, 3.8) is 0 Å². The summed E-state index contributed by atoms with van der Waals surface area (Å²) in [7, 11) is 2.22. The second-order valence-electron chi connectivity index (χ2n) is 8.69. The monoisotopic (exact) mass is 361 g/mol. The van der Waals surface area contributed by atoms with Crippen LogP contribution in [0.1, 0.15) is 35.0 Å². The Balaban J connectivity index is 1.73. The summed E-state index contributed by atoms with van der Waals surface area (Å²) >= 11 is 0. The predicted molar refractivity (Wildman–Crippen MR) is 109 cm³/mol. The number of ether oxygens (including phenoxy) is 1. The smallest absolute Gasteiger partial charge is 0.143 e. The standard InChI is InChI=1S/C23H27N3O/c1-15-9-18-19-12-25(4)8-6-20(19)26-13-23(3,14-27-21(10-15)22(18)26)17-5-7-24-16(2)11-17/h5,7,9-11H,6,8,12-14H2,1-4H3. The summed E-state index contributed by atoms with van der Waals surface area (Å²) in [4.78, 5) is 6.82. The zero-order chi connectivity index (χ0) is 18.8. The molecule has 0 N–H and O–H groups in total. The lowest BCUT2D eigenvalue weighted by atomic mass is 9.83. The van der Waals surface area contributed by atoms with E-state index in [9.17, 15) is 0 Å². The predicted octanol–water partition coefficient (Wildman–Crippen LogP) is 3.99. The van der Waals surface area contributed by atoms with Crippen LogP contribution in [-0.2, 0) is 24.9 Å². The van der Waals surface area contributed by atoms with E-state index >= 15 is 0 Å². The Hall–Kier alpha value is -2.33. The lowest BCUT2D eigenvalue weighted by Gasteiger charge is -2.31. The maximum Gasteiger partial charge on any atom is 0.143 e. The Morgan fingerprint density at radius 1 is 1.19 bits per heavy atom. The number of pyridine rings is 1. The summed E-state index contributed by atoms with van der Waals surface area (Å²) in [6, 6.07) is 8.91. The third-order valence-corrected chi connectivity index (χ3v) is 6.29. The number of aromatic nitrogens is 2. The van der Waals surface area contributed by atoms with Gasteiger partial charge in [0.25, 0.3) is 0 Å². The second-order valence-corrected chi connectivity index (χ2v) is 8.69. The minimum atomic E-state index is -0.0797. The molecule has 2 aliphatic rings. The van der Waals surface area contributed by atoms with E-state index in [2.05, 4.69) is 66.5 Å². The summed E-state index contributed by atoms with van der Waals surface area (Å²) < 4.78 is 9.03. The highest BCUT2D eigenvalue weighted by atomic mass is 16.5. The molecule has 4 heteroatoms. The quantitative estimate of drug-likeness (QED) is 0.656. The zero-order valence-electron chi connectivity index (χ0n) is 16.7. The van der Waals surface area contributed by atoms with Crippen LogP contribution in [0, 0.1) is 13.8 Å². The van der Waals surface area contributed by atoms with Gasteiger partial charge in [-0.25, -0.2) is 0 Å². The molecule has 1 unspecified atom stereocenters. The van der Waals surface area contributed by atoms with Crippen LogP contribution in [0.5, 0.6) is 5.75 Å². The Kier molecular flexibility index (Phi) is 3.63. The van der Waals surface area contributed by atoms with Gasteiger partial charge >= 0.3 is 0 Å². The first-order chi connectivity index (χ1) is 12.9. The van der Waals surface area contributed by atoms with Crippen LogP contribution < -0.4 is 4.74 Å². The summed E-state index contributed by atoms with van der Waals surface area (Å²) in [5.41, 5.74) is 7.84. The van der Waals surface area contributed by atoms with E-state index in [-0.39, 0.29) is 5.41 Å². The number of hydrogen-bond donors (Lipinski definition) is 0. The molecule has 5 rings (SSSR count). The molecule has 1 atom stereocenters. The van der Waals surface area contributed by atoms with Crippen molar-refractivity contribution in [1.29, 1.82) is 0 Å². The Bertz CT molecular complexity index is 1050. The molecule has 0 spiro atoms. The molecule has 0 saturated carbocycles. The van der Waals surface area contributed by atoms with Crippen molar-refractivity contribution in [2.75, 3.05) is 20.2 Å². The number of benzene rings is 1. The van der Waals surface area contributed by atoms with E-state index in [0.29, 0.717) is 6.61 Å². The SMILES string of the molecule is Cc1cc2c3c(c1)c1c(n3CC(C)(c3ccnc(C)c3)CO2)CCN(C)C1. The van der Waals surface area contributed by atoms with Crippen LogP contribution in [0.3, 0.4) is 0 Å². The van der Waals surface area contributed by atoms with Crippen LogP contribution in [0.25, 0.3) is 10.9 Å². The van der Waals surface area contributed by atoms with Crippen molar-refractivity contribution in [2.24, 2.45) is 0 Å². The minimum absolute atomic E-state index is 0.0797. The van der Waals surface area contributed by atoms with E-state index in [1.165, 1.54) is 33.3 Å². The van der Waals surface area contributed by atoms with Gasteiger partial charge in [-0.1, -0.05) is 6.92 Å². The highest BCUT2D eigenvalue weighted by Crippen LogP contribution is 2.42. The fourth-order valence-corrected chi connectivity index (χ4v) is 4.83. The fourth-order valence-electron chi connectivity index (χ4n) is 4.83. The number of hydrogen-bond acceptors (Lipinski definition) is 3. The number of fused-ring (bicyclic) bond motifs is 3. The molecular weight excluding hydrogens is 334 g/mol. The Morgan fingerprint density at radius 2 is 2.04 bits per heavy atom. The molecule has 2 aliphatic heterocycles. The van der Waals surface area contributed by atoms with Gasteiger partial charge in [0.15, 0.2) is 0 Å². The van der Waals surface area contributed by atoms with Crippen LogP contribution in [0.15, 0.2) is 30.5 Å². The lowest BCUT2D eigenvalue weighted by Crippen LogP contribution is -2.35. The second kappa shape index (κ2) is 5.83. The molecule has 4 heterocycles. The maximum atomic E-state index is 6.46. The Morgan fingerprint density at radius 3 is 2.85 bits per heavy atom. The van der Waals surface area contributed by atoms with Gasteiger partial charge in [0.2, 0.25) is 0 Å². The van der Waals surface area contributed by atoms with Crippen molar-refractivity contribution >= 4 is 10.9 Å². The van der Waals surface area contributed by atoms with Crippen molar-refractivity contribution in [1.82, 2.24) is 14.5 Å². The van der Waals surface area contributed by atoms with Crippen molar-refractivity contribution in [2.45, 2.75) is 45.7 Å². The molecule has 0 saturated heterocycles. The van der Waals surface area contributed by atoms with Gasteiger partial charge in [-0.3, -0.25) is 4.98 Å².